The second-order valence-electron chi connectivity index (χ2n) is 6.28. The summed E-state index contributed by atoms with van der Waals surface area (Å²) in [4.78, 5) is 22.3. The van der Waals surface area contributed by atoms with E-state index in [1.165, 1.54) is 6.33 Å². The topological polar surface area (TPSA) is 98.8 Å². The maximum absolute atomic E-state index is 11.8. The lowest BCUT2D eigenvalue weighted by molar-refractivity contribution is -0.121. The average Bonchev–Trinajstić information content (AvgIpc) is 2.97. The van der Waals surface area contributed by atoms with E-state index < -0.39 is 0 Å². The van der Waals surface area contributed by atoms with Gasteiger partial charge < -0.3 is 15.5 Å². The van der Waals surface area contributed by atoms with Crippen LogP contribution in [-0.4, -0.2) is 64.2 Å². The van der Waals surface area contributed by atoms with Crippen LogP contribution in [0.1, 0.15) is 25.5 Å². The fourth-order valence-electron chi connectivity index (χ4n) is 2.31. The molecule has 8 heteroatoms. The second kappa shape index (κ2) is 9.12. The number of aryl methyl sites for hydroxylation is 1. The number of carbonyl (C=O) groups is 1. The second-order valence-corrected chi connectivity index (χ2v) is 6.28. The summed E-state index contributed by atoms with van der Waals surface area (Å²) in [7, 11) is 4.05. The predicted molar refractivity (Wildman–Crippen MR) is 99.4 cm³/mol. The van der Waals surface area contributed by atoms with Gasteiger partial charge >= 0.3 is 0 Å². The number of aromatic amines is 1. The lowest BCUT2D eigenvalue weighted by atomic mass is 10.1. The number of rotatable bonds is 9. The number of nitrogens with zero attached hydrogens (tertiary/aromatic N) is 4. The van der Waals surface area contributed by atoms with Gasteiger partial charge in [0.25, 0.3) is 0 Å². The number of aromatic nitrogens is 4. The Morgan fingerprint density at radius 2 is 2.08 bits per heavy atom. The Morgan fingerprint density at radius 3 is 2.84 bits per heavy atom. The van der Waals surface area contributed by atoms with Crippen molar-refractivity contribution in [2.24, 2.45) is 0 Å². The minimum absolute atomic E-state index is 0.0813. The summed E-state index contributed by atoms with van der Waals surface area (Å²) in [6.07, 6.45) is 6.79. The summed E-state index contributed by atoms with van der Waals surface area (Å²) in [5.74, 6) is 0.834. The molecule has 0 aromatic carbocycles. The predicted octanol–water partition coefficient (Wildman–Crippen LogP) is 1.48. The highest BCUT2D eigenvalue weighted by atomic mass is 16.1. The third-order valence-electron chi connectivity index (χ3n) is 4.17. The van der Waals surface area contributed by atoms with Crippen LogP contribution in [0.4, 0.5) is 5.82 Å². The number of H-pyrrole nitrogens is 1. The monoisotopic (exact) mass is 345 g/mol. The van der Waals surface area contributed by atoms with Crippen LogP contribution in [0.15, 0.2) is 18.5 Å². The van der Waals surface area contributed by atoms with E-state index in [4.69, 9.17) is 0 Å². The van der Waals surface area contributed by atoms with Crippen LogP contribution in [0.2, 0.25) is 0 Å². The van der Waals surface area contributed by atoms with Crippen LogP contribution < -0.4 is 10.6 Å². The van der Waals surface area contributed by atoms with Gasteiger partial charge in [-0.2, -0.15) is 5.10 Å². The number of nitrogens with one attached hydrogen (secondary N) is 3. The fraction of sp³-hybridized carbons (Fsp3) is 0.529. The third-order valence-corrected chi connectivity index (χ3v) is 4.17. The van der Waals surface area contributed by atoms with Gasteiger partial charge in [-0.25, -0.2) is 9.97 Å². The quantitative estimate of drug-likeness (QED) is 0.595. The van der Waals surface area contributed by atoms with E-state index >= 15 is 0 Å². The molecule has 0 saturated heterocycles. The Kier molecular flexibility index (Phi) is 6.88. The van der Waals surface area contributed by atoms with Crippen molar-refractivity contribution in [2.45, 2.75) is 32.7 Å². The van der Waals surface area contributed by atoms with E-state index in [2.05, 4.69) is 42.6 Å². The van der Waals surface area contributed by atoms with Gasteiger partial charge in [0.1, 0.15) is 12.1 Å². The van der Waals surface area contributed by atoms with Gasteiger partial charge in [0.15, 0.2) is 5.65 Å². The first-order valence-electron chi connectivity index (χ1n) is 8.46. The van der Waals surface area contributed by atoms with Crippen molar-refractivity contribution in [3.8, 4) is 0 Å². The Labute approximate surface area is 148 Å². The molecule has 136 valence electrons. The van der Waals surface area contributed by atoms with Crippen LogP contribution in [0, 0.1) is 6.92 Å². The third kappa shape index (κ3) is 5.53. The summed E-state index contributed by atoms with van der Waals surface area (Å²) in [5.41, 5.74) is 1.58. The molecule has 3 N–H and O–H groups in total. The van der Waals surface area contributed by atoms with E-state index in [1.807, 2.05) is 33.2 Å². The molecule has 0 spiro atoms. The largest absolute Gasteiger partial charge is 0.366 e. The zero-order valence-corrected chi connectivity index (χ0v) is 15.3. The summed E-state index contributed by atoms with van der Waals surface area (Å²) >= 11 is 0. The SMILES string of the molecule is Cc1[nH]nc2ncnc(NC/C=C/CNC(=O)CCC(C)N(C)C)c12. The van der Waals surface area contributed by atoms with Gasteiger partial charge in [-0.1, -0.05) is 12.2 Å². The lowest BCUT2D eigenvalue weighted by Gasteiger charge is -2.18. The van der Waals surface area contributed by atoms with Gasteiger partial charge in [0.05, 0.1) is 5.39 Å². The molecular formula is C17H27N7O. The van der Waals surface area contributed by atoms with Gasteiger partial charge in [-0.3, -0.25) is 9.89 Å². The molecule has 0 saturated carbocycles. The number of fused-ring (bicyclic) bond motifs is 1. The molecule has 0 aliphatic rings. The molecule has 8 nitrogen and oxygen atoms in total. The highest BCUT2D eigenvalue weighted by Crippen LogP contribution is 2.19. The van der Waals surface area contributed by atoms with Crippen molar-refractivity contribution >= 4 is 22.8 Å². The molecule has 0 aliphatic carbocycles. The fourth-order valence-corrected chi connectivity index (χ4v) is 2.31. The van der Waals surface area contributed by atoms with Gasteiger partial charge in [0.2, 0.25) is 5.91 Å². The van der Waals surface area contributed by atoms with E-state index in [0.717, 1.165) is 23.3 Å². The maximum Gasteiger partial charge on any atom is 0.220 e. The number of hydrogen-bond donors (Lipinski definition) is 3. The van der Waals surface area contributed by atoms with Gasteiger partial charge in [-0.15, -0.1) is 0 Å². The van der Waals surface area contributed by atoms with Crippen LogP contribution in [0.3, 0.4) is 0 Å². The van der Waals surface area contributed by atoms with Crippen molar-refractivity contribution in [1.82, 2.24) is 30.4 Å². The van der Waals surface area contributed by atoms with E-state index in [-0.39, 0.29) is 5.91 Å². The molecule has 25 heavy (non-hydrogen) atoms. The first-order valence-corrected chi connectivity index (χ1v) is 8.46. The average molecular weight is 345 g/mol. The van der Waals surface area contributed by atoms with Crippen LogP contribution in [-0.2, 0) is 4.79 Å². The van der Waals surface area contributed by atoms with Crippen molar-refractivity contribution in [2.75, 3.05) is 32.5 Å². The summed E-state index contributed by atoms with van der Waals surface area (Å²) in [5, 5.41) is 14.1. The first kappa shape index (κ1) is 18.9. The highest BCUT2D eigenvalue weighted by Gasteiger charge is 2.09. The molecule has 2 heterocycles. The van der Waals surface area contributed by atoms with Crippen molar-refractivity contribution < 1.29 is 4.79 Å². The zero-order chi connectivity index (χ0) is 18.2. The van der Waals surface area contributed by atoms with Crippen molar-refractivity contribution in [3.05, 3.63) is 24.2 Å². The summed E-state index contributed by atoms with van der Waals surface area (Å²) in [6.45, 7) is 5.20. The number of anilines is 1. The number of carbonyl (C=O) groups excluding carboxylic acids is 1. The maximum atomic E-state index is 11.8. The molecule has 0 aliphatic heterocycles. The smallest absolute Gasteiger partial charge is 0.220 e. The highest BCUT2D eigenvalue weighted by molar-refractivity contribution is 5.88. The molecule has 1 amide bonds. The number of amides is 1. The molecule has 2 aromatic rings. The zero-order valence-electron chi connectivity index (χ0n) is 15.3. The van der Waals surface area contributed by atoms with Gasteiger partial charge in [0, 0.05) is 31.2 Å². The Bertz CT molecular complexity index is 723. The molecule has 2 rings (SSSR count). The molecule has 0 radical (unpaired) electrons. The van der Waals surface area contributed by atoms with Crippen LogP contribution in [0.25, 0.3) is 11.0 Å². The Hall–Kier alpha value is -2.48. The first-order chi connectivity index (χ1) is 12.0. The summed E-state index contributed by atoms with van der Waals surface area (Å²) < 4.78 is 0. The van der Waals surface area contributed by atoms with E-state index in [0.29, 0.717) is 31.2 Å². The molecule has 0 bridgehead atoms. The molecule has 1 atom stereocenters. The van der Waals surface area contributed by atoms with Crippen molar-refractivity contribution in [3.63, 3.8) is 0 Å². The minimum atomic E-state index is 0.0813. The minimum Gasteiger partial charge on any atom is -0.366 e. The van der Waals surface area contributed by atoms with E-state index in [9.17, 15) is 4.79 Å². The number of hydrogen-bond acceptors (Lipinski definition) is 6. The molecular weight excluding hydrogens is 318 g/mol. The lowest BCUT2D eigenvalue weighted by Crippen LogP contribution is -2.28. The standard InChI is InChI=1S/C17H27N7O/c1-12(24(3)4)7-8-14(25)18-9-5-6-10-19-16-15-13(2)22-23-17(15)21-11-20-16/h5-6,11-12H,7-10H2,1-4H3,(H,18,25)(H2,19,20,21,22,23)/b6-5+. The molecule has 2 aromatic heterocycles. The normalized spacial score (nSPS) is 12.8. The molecule has 0 fully saturated rings. The molecule has 1 unspecified atom stereocenters. The van der Waals surface area contributed by atoms with Crippen LogP contribution >= 0.6 is 0 Å². The van der Waals surface area contributed by atoms with Gasteiger partial charge in [-0.05, 0) is 34.4 Å². The Morgan fingerprint density at radius 1 is 1.32 bits per heavy atom. The van der Waals surface area contributed by atoms with Crippen molar-refractivity contribution in [1.29, 1.82) is 0 Å². The Balaban J connectivity index is 1.70. The summed E-state index contributed by atoms with van der Waals surface area (Å²) in [6, 6.07) is 0.404. The van der Waals surface area contributed by atoms with E-state index in [1.54, 1.807) is 0 Å². The van der Waals surface area contributed by atoms with Crippen LogP contribution in [0.5, 0.6) is 0 Å².